The molecule has 0 aliphatic heterocycles. The smallest absolute Gasteiger partial charge is 0.256 e. The number of aryl methyl sites for hydroxylation is 2. The Hall–Kier alpha value is -3.52. The van der Waals surface area contributed by atoms with Gasteiger partial charge in [0, 0.05) is 12.6 Å². The number of nitrogens with one attached hydrogen (secondary N) is 1. The first-order chi connectivity index (χ1) is 14.8. The van der Waals surface area contributed by atoms with E-state index in [9.17, 15) is 13.2 Å². The van der Waals surface area contributed by atoms with Crippen molar-refractivity contribution in [3.05, 3.63) is 71.9 Å². The van der Waals surface area contributed by atoms with E-state index in [0.717, 1.165) is 5.56 Å². The van der Waals surface area contributed by atoms with Gasteiger partial charge in [-0.25, -0.2) is 13.4 Å². The predicted molar refractivity (Wildman–Crippen MR) is 121 cm³/mol. The highest BCUT2D eigenvalue weighted by Gasteiger charge is 2.22. The van der Waals surface area contributed by atoms with Gasteiger partial charge in [0.2, 0.25) is 0 Å². The van der Waals surface area contributed by atoms with Crippen LogP contribution in [0.3, 0.4) is 0 Å². The van der Waals surface area contributed by atoms with Crippen molar-refractivity contribution in [2.45, 2.75) is 18.7 Å². The number of aromatic nitrogens is 3. The van der Waals surface area contributed by atoms with Crippen LogP contribution in [-0.2, 0) is 16.9 Å². The topological polar surface area (TPSA) is 93.9 Å². The highest BCUT2D eigenvalue weighted by atomic mass is 32.2. The van der Waals surface area contributed by atoms with Crippen LogP contribution in [0.4, 0.5) is 5.69 Å². The zero-order chi connectivity index (χ0) is 22.2. The van der Waals surface area contributed by atoms with E-state index in [1.54, 1.807) is 42.9 Å². The summed E-state index contributed by atoms with van der Waals surface area (Å²) in [5.74, 6) is -0.473. The summed E-state index contributed by atoms with van der Waals surface area (Å²) in [5.41, 5.74) is 3.39. The van der Waals surface area contributed by atoms with Gasteiger partial charge in [0.25, 0.3) is 5.91 Å². The minimum atomic E-state index is -3.50. The number of hydrogen-bond donors (Lipinski definition) is 1. The molecular weight excluding hydrogens is 412 g/mol. The van der Waals surface area contributed by atoms with Crippen molar-refractivity contribution in [1.82, 2.24) is 14.8 Å². The van der Waals surface area contributed by atoms with Gasteiger partial charge in [-0.1, -0.05) is 49.4 Å². The molecule has 0 saturated heterocycles. The fourth-order valence-electron chi connectivity index (χ4n) is 3.57. The number of hydrogen-bond acceptors (Lipinski definition) is 5. The van der Waals surface area contributed by atoms with Crippen LogP contribution >= 0.6 is 0 Å². The molecule has 2 heterocycles. The van der Waals surface area contributed by atoms with Crippen LogP contribution in [-0.4, -0.2) is 34.8 Å². The molecule has 0 unspecified atom stereocenters. The summed E-state index contributed by atoms with van der Waals surface area (Å²) in [5, 5.41) is 7.85. The number of fused-ring (bicyclic) bond motifs is 1. The molecule has 0 bridgehead atoms. The van der Waals surface area contributed by atoms with E-state index in [1.807, 2.05) is 37.3 Å². The van der Waals surface area contributed by atoms with Crippen molar-refractivity contribution in [3.63, 3.8) is 0 Å². The second kappa shape index (κ2) is 7.96. The first kappa shape index (κ1) is 20.7. The number of anilines is 1. The van der Waals surface area contributed by atoms with Crippen LogP contribution in [0, 0.1) is 6.92 Å². The molecule has 4 aromatic rings. The van der Waals surface area contributed by atoms with Crippen molar-refractivity contribution in [2.24, 2.45) is 7.05 Å². The lowest BCUT2D eigenvalue weighted by Gasteiger charge is -2.12. The van der Waals surface area contributed by atoms with Gasteiger partial charge in [-0.3, -0.25) is 9.48 Å². The maximum absolute atomic E-state index is 13.4. The van der Waals surface area contributed by atoms with Gasteiger partial charge < -0.3 is 5.32 Å². The summed E-state index contributed by atoms with van der Waals surface area (Å²) in [6, 6.07) is 17.7. The highest BCUT2D eigenvalue weighted by Crippen LogP contribution is 2.29. The van der Waals surface area contributed by atoms with Crippen molar-refractivity contribution in [1.29, 1.82) is 0 Å². The number of benzene rings is 2. The summed E-state index contributed by atoms with van der Waals surface area (Å²) in [4.78, 5) is 18.2. The Morgan fingerprint density at radius 1 is 1.06 bits per heavy atom. The second-order valence-electron chi connectivity index (χ2n) is 7.18. The van der Waals surface area contributed by atoms with E-state index in [2.05, 4.69) is 10.4 Å². The van der Waals surface area contributed by atoms with Crippen molar-refractivity contribution < 1.29 is 13.2 Å². The zero-order valence-corrected chi connectivity index (χ0v) is 18.3. The predicted octanol–water partition coefficient (Wildman–Crippen LogP) is 3.99. The summed E-state index contributed by atoms with van der Waals surface area (Å²) >= 11 is 0. The molecule has 0 aliphatic carbocycles. The summed E-state index contributed by atoms with van der Waals surface area (Å²) < 4.78 is 26.6. The summed E-state index contributed by atoms with van der Waals surface area (Å²) in [6.07, 6.45) is 0. The molecule has 8 heteroatoms. The molecule has 7 nitrogen and oxygen atoms in total. The number of nitrogens with zero attached hydrogens (tertiary/aromatic N) is 3. The Bertz CT molecular complexity index is 1390. The van der Waals surface area contributed by atoms with Gasteiger partial charge in [0.05, 0.1) is 38.7 Å². The Balaban J connectivity index is 1.86. The molecule has 0 fully saturated rings. The van der Waals surface area contributed by atoms with E-state index in [-0.39, 0.29) is 16.3 Å². The minimum Gasteiger partial charge on any atom is -0.321 e. The van der Waals surface area contributed by atoms with Gasteiger partial charge in [0.15, 0.2) is 15.5 Å². The molecule has 158 valence electrons. The van der Waals surface area contributed by atoms with E-state index >= 15 is 0 Å². The van der Waals surface area contributed by atoms with Gasteiger partial charge in [-0.05, 0) is 25.1 Å². The minimum absolute atomic E-state index is 0.0563. The third-order valence-electron chi connectivity index (χ3n) is 5.13. The standard InChI is InChI=1S/C23H22N4O3S/c1-4-31(29,30)20-13-9-8-12-18(20)25-23(28)17-14-19(16-10-6-5-7-11-16)24-22-21(17)15(2)26-27(22)3/h5-14H,4H2,1-3H3,(H,25,28). The quantitative estimate of drug-likeness (QED) is 0.513. The molecule has 1 N–H and O–H groups in total. The maximum atomic E-state index is 13.4. The van der Waals surface area contributed by atoms with Gasteiger partial charge in [0.1, 0.15) is 0 Å². The average molecular weight is 435 g/mol. The number of amides is 1. The van der Waals surface area contributed by atoms with Crippen LogP contribution in [0.25, 0.3) is 22.3 Å². The molecular formula is C23H22N4O3S. The van der Waals surface area contributed by atoms with Crippen LogP contribution in [0.2, 0.25) is 0 Å². The molecule has 2 aromatic heterocycles. The Morgan fingerprint density at radius 2 is 1.74 bits per heavy atom. The Morgan fingerprint density at radius 3 is 2.45 bits per heavy atom. The van der Waals surface area contributed by atoms with Crippen molar-refractivity contribution >= 4 is 32.5 Å². The van der Waals surface area contributed by atoms with Crippen molar-refractivity contribution in [3.8, 4) is 11.3 Å². The first-order valence-electron chi connectivity index (χ1n) is 9.84. The van der Waals surface area contributed by atoms with E-state index in [0.29, 0.717) is 28.0 Å². The number of pyridine rings is 1. The van der Waals surface area contributed by atoms with Gasteiger partial charge >= 0.3 is 0 Å². The molecule has 0 atom stereocenters. The van der Waals surface area contributed by atoms with Crippen LogP contribution in [0.15, 0.2) is 65.6 Å². The molecule has 4 rings (SSSR count). The third-order valence-corrected chi connectivity index (χ3v) is 6.92. The Kier molecular flexibility index (Phi) is 5.32. The SMILES string of the molecule is CCS(=O)(=O)c1ccccc1NC(=O)c1cc(-c2ccccc2)nc2c1c(C)nn2C. The molecule has 0 radical (unpaired) electrons. The first-order valence-corrected chi connectivity index (χ1v) is 11.5. The molecule has 2 aromatic carbocycles. The molecule has 1 amide bonds. The second-order valence-corrected chi connectivity index (χ2v) is 9.43. The lowest BCUT2D eigenvalue weighted by molar-refractivity contribution is 0.102. The number of sulfone groups is 1. The fraction of sp³-hybridized carbons (Fsp3) is 0.174. The number of carbonyl (C=O) groups is 1. The number of carbonyl (C=O) groups excluding carboxylic acids is 1. The van der Waals surface area contributed by atoms with Gasteiger partial charge in [-0.15, -0.1) is 0 Å². The molecule has 0 saturated carbocycles. The van der Waals surface area contributed by atoms with Gasteiger partial charge in [-0.2, -0.15) is 5.10 Å². The Labute approximate surface area is 180 Å². The zero-order valence-electron chi connectivity index (χ0n) is 17.5. The fourth-order valence-corrected chi connectivity index (χ4v) is 4.62. The highest BCUT2D eigenvalue weighted by molar-refractivity contribution is 7.91. The normalized spacial score (nSPS) is 11.6. The largest absolute Gasteiger partial charge is 0.321 e. The summed E-state index contributed by atoms with van der Waals surface area (Å²) in [7, 11) is -1.72. The molecule has 31 heavy (non-hydrogen) atoms. The lowest BCUT2D eigenvalue weighted by atomic mass is 10.0. The van der Waals surface area contributed by atoms with E-state index in [4.69, 9.17) is 4.98 Å². The maximum Gasteiger partial charge on any atom is 0.256 e. The number of rotatable bonds is 5. The third kappa shape index (κ3) is 3.82. The van der Waals surface area contributed by atoms with Crippen molar-refractivity contribution in [2.75, 3.05) is 11.1 Å². The van der Waals surface area contributed by atoms with Crippen LogP contribution in [0.1, 0.15) is 23.0 Å². The van der Waals surface area contributed by atoms with E-state index in [1.165, 1.54) is 6.07 Å². The average Bonchev–Trinajstić information content (AvgIpc) is 3.07. The van der Waals surface area contributed by atoms with Crippen LogP contribution < -0.4 is 5.32 Å². The van der Waals surface area contributed by atoms with Crippen LogP contribution in [0.5, 0.6) is 0 Å². The lowest BCUT2D eigenvalue weighted by Crippen LogP contribution is -2.16. The van der Waals surface area contributed by atoms with E-state index < -0.39 is 15.7 Å². The molecule has 0 spiro atoms. The monoisotopic (exact) mass is 434 g/mol. The molecule has 0 aliphatic rings. The number of para-hydroxylation sites is 1. The summed E-state index contributed by atoms with van der Waals surface area (Å²) in [6.45, 7) is 3.39.